The number of nitrogens with one attached hydrogen (secondary N) is 2. The number of carbonyl (C=O) groups excluding carboxylic acids is 3. The van der Waals surface area contributed by atoms with Crippen molar-refractivity contribution < 1.29 is 14.4 Å². The van der Waals surface area contributed by atoms with E-state index >= 15 is 0 Å². The van der Waals surface area contributed by atoms with Gasteiger partial charge < -0.3 is 15.5 Å². The average Bonchev–Trinajstić information content (AvgIpc) is 3.15. The average molecular weight is 371 g/mol. The number of carbonyl (C=O) groups is 3. The summed E-state index contributed by atoms with van der Waals surface area (Å²) in [6.45, 7) is 2.02. The lowest BCUT2D eigenvalue weighted by molar-refractivity contribution is -0.121. The van der Waals surface area contributed by atoms with Crippen LogP contribution >= 0.6 is 11.3 Å². The van der Waals surface area contributed by atoms with E-state index in [4.69, 9.17) is 0 Å². The van der Waals surface area contributed by atoms with Crippen LogP contribution in [-0.2, 0) is 9.59 Å². The molecule has 2 N–H and O–H groups in total. The predicted octanol–water partition coefficient (Wildman–Crippen LogP) is 3.34. The Labute approximate surface area is 156 Å². The molecule has 0 saturated carbocycles. The molecule has 1 fully saturated rings. The SMILES string of the molecule is CC(=O)Nc1cccc(NC(=O)[C@@H]2CCCCN2C(=O)c2cccs2)c1. The highest BCUT2D eigenvalue weighted by atomic mass is 32.1. The molecule has 1 saturated heterocycles. The van der Waals surface area contributed by atoms with Crippen molar-refractivity contribution in [3.8, 4) is 0 Å². The molecule has 3 amide bonds. The fraction of sp³-hybridized carbons (Fsp3) is 0.316. The molecule has 2 heterocycles. The summed E-state index contributed by atoms with van der Waals surface area (Å²) in [7, 11) is 0. The second-order valence-corrected chi connectivity index (χ2v) is 7.19. The minimum absolute atomic E-state index is 0.0909. The van der Waals surface area contributed by atoms with Crippen molar-refractivity contribution >= 4 is 40.4 Å². The second kappa shape index (κ2) is 8.14. The number of rotatable bonds is 4. The monoisotopic (exact) mass is 371 g/mol. The summed E-state index contributed by atoms with van der Waals surface area (Å²) in [6, 6.07) is 10.1. The summed E-state index contributed by atoms with van der Waals surface area (Å²) in [5.74, 6) is -0.463. The van der Waals surface area contributed by atoms with Crippen LogP contribution in [0.3, 0.4) is 0 Å². The minimum atomic E-state index is -0.484. The van der Waals surface area contributed by atoms with Crippen LogP contribution in [-0.4, -0.2) is 35.2 Å². The van der Waals surface area contributed by atoms with Gasteiger partial charge in [0.25, 0.3) is 5.91 Å². The number of anilines is 2. The number of piperidine rings is 1. The van der Waals surface area contributed by atoms with Gasteiger partial charge in [-0.25, -0.2) is 0 Å². The number of nitrogens with zero attached hydrogens (tertiary/aromatic N) is 1. The van der Waals surface area contributed by atoms with E-state index in [-0.39, 0.29) is 17.7 Å². The van der Waals surface area contributed by atoms with Gasteiger partial charge in [-0.2, -0.15) is 0 Å². The molecule has 26 heavy (non-hydrogen) atoms. The van der Waals surface area contributed by atoms with E-state index < -0.39 is 6.04 Å². The molecular formula is C19H21N3O3S. The largest absolute Gasteiger partial charge is 0.326 e. The van der Waals surface area contributed by atoms with Gasteiger partial charge in [0.1, 0.15) is 6.04 Å². The third-order valence-electron chi connectivity index (χ3n) is 4.25. The zero-order valence-corrected chi connectivity index (χ0v) is 15.3. The Morgan fingerprint density at radius 1 is 1.08 bits per heavy atom. The molecule has 0 spiro atoms. The smallest absolute Gasteiger partial charge is 0.264 e. The van der Waals surface area contributed by atoms with Crippen molar-refractivity contribution in [3.05, 3.63) is 46.7 Å². The maximum Gasteiger partial charge on any atom is 0.264 e. The second-order valence-electron chi connectivity index (χ2n) is 6.24. The van der Waals surface area contributed by atoms with E-state index in [1.165, 1.54) is 18.3 Å². The number of hydrogen-bond acceptors (Lipinski definition) is 4. The molecular weight excluding hydrogens is 350 g/mol. The van der Waals surface area contributed by atoms with E-state index in [0.29, 0.717) is 29.2 Å². The zero-order valence-electron chi connectivity index (χ0n) is 14.5. The lowest BCUT2D eigenvalue weighted by Crippen LogP contribution is -2.49. The van der Waals surface area contributed by atoms with Crippen LogP contribution in [0.4, 0.5) is 11.4 Å². The van der Waals surface area contributed by atoms with E-state index in [1.807, 2.05) is 11.4 Å². The Morgan fingerprint density at radius 2 is 1.85 bits per heavy atom. The van der Waals surface area contributed by atoms with Crippen molar-refractivity contribution in [2.24, 2.45) is 0 Å². The fourth-order valence-electron chi connectivity index (χ4n) is 3.09. The topological polar surface area (TPSA) is 78.5 Å². The first-order valence-corrected chi connectivity index (χ1v) is 9.45. The van der Waals surface area contributed by atoms with Gasteiger partial charge in [-0.05, 0) is 48.9 Å². The molecule has 2 aromatic rings. The molecule has 3 rings (SSSR count). The van der Waals surface area contributed by atoms with Crippen LogP contribution in [0.15, 0.2) is 41.8 Å². The third-order valence-corrected chi connectivity index (χ3v) is 5.11. The molecule has 6 nitrogen and oxygen atoms in total. The maximum atomic E-state index is 12.8. The normalized spacial score (nSPS) is 16.8. The summed E-state index contributed by atoms with van der Waals surface area (Å²) in [5, 5.41) is 7.43. The molecule has 0 unspecified atom stereocenters. The molecule has 1 aliphatic rings. The quantitative estimate of drug-likeness (QED) is 0.865. The van der Waals surface area contributed by atoms with Gasteiger partial charge >= 0.3 is 0 Å². The Hall–Kier alpha value is -2.67. The molecule has 1 aromatic carbocycles. The van der Waals surface area contributed by atoms with E-state index in [1.54, 1.807) is 35.2 Å². The fourth-order valence-corrected chi connectivity index (χ4v) is 3.77. The van der Waals surface area contributed by atoms with E-state index in [2.05, 4.69) is 10.6 Å². The molecule has 0 aliphatic carbocycles. The Kier molecular flexibility index (Phi) is 5.68. The Morgan fingerprint density at radius 3 is 2.54 bits per heavy atom. The van der Waals surface area contributed by atoms with Crippen LogP contribution in [0.1, 0.15) is 35.9 Å². The van der Waals surface area contributed by atoms with Crippen molar-refractivity contribution in [3.63, 3.8) is 0 Å². The summed E-state index contributed by atoms with van der Waals surface area (Å²) in [6.07, 6.45) is 2.46. The molecule has 0 radical (unpaired) electrons. The number of amides is 3. The molecule has 1 aliphatic heterocycles. The third kappa shape index (κ3) is 4.29. The number of likely N-dealkylation sites (tertiary alicyclic amines) is 1. The Bertz CT molecular complexity index is 804. The van der Waals surface area contributed by atoms with Crippen LogP contribution in [0.2, 0.25) is 0 Å². The highest BCUT2D eigenvalue weighted by Gasteiger charge is 2.33. The van der Waals surface area contributed by atoms with Crippen LogP contribution < -0.4 is 10.6 Å². The van der Waals surface area contributed by atoms with Gasteiger partial charge in [0.2, 0.25) is 11.8 Å². The van der Waals surface area contributed by atoms with Crippen molar-refractivity contribution in [2.45, 2.75) is 32.2 Å². The van der Waals surface area contributed by atoms with Crippen molar-refractivity contribution in [1.29, 1.82) is 0 Å². The molecule has 1 aromatic heterocycles. The predicted molar refractivity (Wildman–Crippen MR) is 102 cm³/mol. The summed E-state index contributed by atoms with van der Waals surface area (Å²) >= 11 is 1.39. The minimum Gasteiger partial charge on any atom is -0.326 e. The molecule has 136 valence electrons. The molecule has 7 heteroatoms. The lowest BCUT2D eigenvalue weighted by Gasteiger charge is -2.34. The van der Waals surface area contributed by atoms with Gasteiger partial charge in [0.15, 0.2) is 0 Å². The van der Waals surface area contributed by atoms with Gasteiger partial charge in [-0.1, -0.05) is 12.1 Å². The first-order valence-electron chi connectivity index (χ1n) is 8.57. The van der Waals surface area contributed by atoms with Gasteiger partial charge in [-0.3, -0.25) is 14.4 Å². The van der Waals surface area contributed by atoms with Crippen LogP contribution in [0.25, 0.3) is 0 Å². The van der Waals surface area contributed by atoms with Crippen molar-refractivity contribution in [1.82, 2.24) is 4.90 Å². The molecule has 1 atom stereocenters. The summed E-state index contributed by atoms with van der Waals surface area (Å²) in [4.78, 5) is 39.0. The zero-order chi connectivity index (χ0) is 18.5. The first-order chi connectivity index (χ1) is 12.5. The molecule has 0 bridgehead atoms. The van der Waals surface area contributed by atoms with Gasteiger partial charge in [0.05, 0.1) is 4.88 Å². The van der Waals surface area contributed by atoms with E-state index in [0.717, 1.165) is 12.8 Å². The van der Waals surface area contributed by atoms with Gasteiger partial charge in [0, 0.05) is 24.8 Å². The maximum absolute atomic E-state index is 12.8. The Balaban J connectivity index is 1.73. The summed E-state index contributed by atoms with van der Waals surface area (Å²) in [5.41, 5.74) is 1.21. The van der Waals surface area contributed by atoms with Crippen LogP contribution in [0.5, 0.6) is 0 Å². The summed E-state index contributed by atoms with van der Waals surface area (Å²) < 4.78 is 0. The standard InChI is InChI=1S/C19H21N3O3S/c1-13(23)20-14-6-4-7-15(12-14)21-18(24)16-8-2-3-10-22(16)19(25)17-9-5-11-26-17/h4-7,9,11-12,16H,2-3,8,10H2,1H3,(H,20,23)(H,21,24)/t16-/m0/s1. The lowest BCUT2D eigenvalue weighted by atomic mass is 10.0. The van der Waals surface area contributed by atoms with Crippen molar-refractivity contribution in [2.75, 3.05) is 17.2 Å². The number of hydrogen-bond donors (Lipinski definition) is 2. The highest BCUT2D eigenvalue weighted by molar-refractivity contribution is 7.12. The van der Waals surface area contributed by atoms with E-state index in [9.17, 15) is 14.4 Å². The highest BCUT2D eigenvalue weighted by Crippen LogP contribution is 2.23. The first kappa shape index (κ1) is 18.1. The number of benzene rings is 1. The number of thiophene rings is 1. The van der Waals surface area contributed by atoms with Gasteiger partial charge in [-0.15, -0.1) is 11.3 Å². The van der Waals surface area contributed by atoms with Crippen LogP contribution in [0, 0.1) is 0 Å².